The number of aryl methyl sites for hydroxylation is 1. The summed E-state index contributed by atoms with van der Waals surface area (Å²) in [6, 6.07) is 22.6. The van der Waals surface area contributed by atoms with Crippen LogP contribution in [0.4, 0.5) is 0 Å². The molecule has 1 aromatic heterocycles. The first-order valence-electron chi connectivity index (χ1n) is 11.8. The quantitative estimate of drug-likeness (QED) is 0.212. The number of pyridine rings is 1. The molecule has 0 atom stereocenters. The summed E-state index contributed by atoms with van der Waals surface area (Å²) >= 11 is 0. The number of hydrogen-bond acceptors (Lipinski definition) is 3. The Hall–Kier alpha value is -2.46. The number of benzene rings is 2. The van der Waals surface area contributed by atoms with Crippen molar-refractivity contribution in [3.63, 3.8) is 0 Å². The second-order valence-corrected chi connectivity index (χ2v) is 10.1. The van der Waals surface area contributed by atoms with E-state index in [-0.39, 0.29) is 6.16 Å². The first kappa shape index (κ1) is 25.2. The highest BCUT2D eigenvalue weighted by atomic mass is 31.2. The molecule has 0 aliphatic heterocycles. The molecule has 0 bridgehead atoms. The van der Waals surface area contributed by atoms with Crippen LogP contribution in [0.1, 0.15) is 51.1 Å². The third-order valence-electron chi connectivity index (χ3n) is 5.56. The van der Waals surface area contributed by atoms with Crippen LogP contribution >= 0.6 is 7.60 Å². The van der Waals surface area contributed by atoms with Crippen LogP contribution in [-0.4, -0.2) is 27.5 Å². The Morgan fingerprint density at radius 1 is 0.818 bits per heavy atom. The number of rotatable bonds is 13. The highest BCUT2D eigenvalue weighted by Crippen LogP contribution is 2.36. The molecule has 3 aromatic rings. The van der Waals surface area contributed by atoms with Crippen LogP contribution in [0, 0.1) is 0 Å². The third kappa shape index (κ3) is 8.43. The average Bonchev–Trinajstić information content (AvgIpc) is 2.82. The van der Waals surface area contributed by atoms with E-state index in [1.807, 2.05) is 30.3 Å². The fraction of sp³-hybridized carbons (Fsp3) is 0.370. The van der Waals surface area contributed by atoms with Crippen molar-refractivity contribution in [2.45, 2.75) is 51.9 Å². The van der Waals surface area contributed by atoms with Gasteiger partial charge in [-0.2, -0.15) is 0 Å². The summed E-state index contributed by atoms with van der Waals surface area (Å²) in [6.07, 6.45) is 6.32. The van der Waals surface area contributed by atoms with Gasteiger partial charge in [0.15, 0.2) is 0 Å². The maximum Gasteiger partial charge on any atom is 0.325 e. The first-order valence-corrected chi connectivity index (χ1v) is 13.6. The van der Waals surface area contributed by atoms with Crippen molar-refractivity contribution in [1.29, 1.82) is 0 Å². The topological polar surface area (TPSA) is 79.7 Å². The molecule has 0 aliphatic carbocycles. The predicted molar refractivity (Wildman–Crippen MR) is 135 cm³/mol. The van der Waals surface area contributed by atoms with E-state index in [1.165, 1.54) is 12.8 Å². The summed E-state index contributed by atoms with van der Waals surface area (Å²) < 4.78 is 16.9. The number of nitrogens with zero attached hydrogens (tertiary/aromatic N) is 1. The SMILES string of the molecule is CCCCCOc1ccc(-c2ccc(CCCCCP(=O)(O)O)nc2-c2ccccc2)cc1. The van der Waals surface area contributed by atoms with Gasteiger partial charge in [0.1, 0.15) is 5.75 Å². The van der Waals surface area contributed by atoms with E-state index in [0.717, 1.165) is 66.1 Å². The van der Waals surface area contributed by atoms with Crippen molar-refractivity contribution in [3.8, 4) is 28.1 Å². The van der Waals surface area contributed by atoms with Crippen molar-refractivity contribution < 1.29 is 19.1 Å². The fourth-order valence-corrected chi connectivity index (χ4v) is 4.40. The van der Waals surface area contributed by atoms with Gasteiger partial charge in [-0.05, 0) is 49.4 Å². The molecule has 176 valence electrons. The molecule has 6 heteroatoms. The van der Waals surface area contributed by atoms with Gasteiger partial charge in [-0.3, -0.25) is 9.55 Å². The van der Waals surface area contributed by atoms with Crippen molar-refractivity contribution in [2.24, 2.45) is 0 Å². The molecule has 2 aromatic carbocycles. The summed E-state index contributed by atoms with van der Waals surface area (Å²) in [5.74, 6) is 0.885. The molecule has 0 spiro atoms. The molecule has 1 heterocycles. The second-order valence-electron chi connectivity index (χ2n) is 8.34. The highest BCUT2D eigenvalue weighted by Gasteiger charge is 2.13. The van der Waals surface area contributed by atoms with E-state index < -0.39 is 7.60 Å². The van der Waals surface area contributed by atoms with Crippen molar-refractivity contribution in [2.75, 3.05) is 12.8 Å². The van der Waals surface area contributed by atoms with Gasteiger partial charge in [-0.15, -0.1) is 0 Å². The normalized spacial score (nSPS) is 11.5. The maximum absolute atomic E-state index is 11.0. The fourth-order valence-electron chi connectivity index (χ4n) is 3.76. The van der Waals surface area contributed by atoms with E-state index in [4.69, 9.17) is 19.5 Å². The Morgan fingerprint density at radius 3 is 2.27 bits per heavy atom. The Kier molecular flexibility index (Phi) is 9.68. The lowest BCUT2D eigenvalue weighted by Gasteiger charge is -2.13. The molecule has 0 fully saturated rings. The molecule has 0 radical (unpaired) electrons. The molecule has 33 heavy (non-hydrogen) atoms. The summed E-state index contributed by atoms with van der Waals surface area (Å²) in [5.41, 5.74) is 5.17. The summed E-state index contributed by atoms with van der Waals surface area (Å²) in [6.45, 7) is 2.93. The Labute approximate surface area is 197 Å². The number of unbranched alkanes of at least 4 members (excludes halogenated alkanes) is 4. The first-order chi connectivity index (χ1) is 16.0. The van der Waals surface area contributed by atoms with Crippen LogP contribution in [0.15, 0.2) is 66.7 Å². The number of aromatic nitrogens is 1. The zero-order valence-electron chi connectivity index (χ0n) is 19.3. The van der Waals surface area contributed by atoms with Crippen LogP contribution in [0.5, 0.6) is 5.75 Å². The standard InChI is InChI=1S/C27H34NO4P/c1-2-3-9-20-32-25-17-14-22(15-18-25)26-19-16-24(13-8-5-10-21-33(29,30)31)28-27(26)23-11-6-4-7-12-23/h4,6-7,11-12,14-19H,2-3,5,8-10,13,20-21H2,1H3,(H2,29,30,31). The van der Waals surface area contributed by atoms with Gasteiger partial charge in [0, 0.05) is 23.0 Å². The number of hydrogen-bond donors (Lipinski definition) is 2. The lowest BCUT2D eigenvalue weighted by atomic mass is 9.98. The highest BCUT2D eigenvalue weighted by molar-refractivity contribution is 7.51. The van der Waals surface area contributed by atoms with Crippen molar-refractivity contribution in [1.82, 2.24) is 4.98 Å². The molecule has 0 amide bonds. The minimum atomic E-state index is -3.90. The van der Waals surface area contributed by atoms with Crippen molar-refractivity contribution in [3.05, 3.63) is 72.4 Å². The largest absolute Gasteiger partial charge is 0.494 e. The lowest BCUT2D eigenvalue weighted by molar-refractivity contribution is 0.306. The average molecular weight is 468 g/mol. The molecular formula is C27H34NO4P. The summed E-state index contributed by atoms with van der Waals surface area (Å²) in [4.78, 5) is 23.0. The van der Waals surface area contributed by atoms with Gasteiger partial charge in [0.05, 0.1) is 12.3 Å². The summed E-state index contributed by atoms with van der Waals surface area (Å²) in [7, 11) is -3.90. The maximum atomic E-state index is 11.0. The monoisotopic (exact) mass is 467 g/mol. The van der Waals surface area contributed by atoms with Gasteiger partial charge in [-0.25, -0.2) is 0 Å². The second kappa shape index (κ2) is 12.7. The molecule has 0 saturated heterocycles. The zero-order valence-corrected chi connectivity index (χ0v) is 20.2. The van der Waals surface area contributed by atoms with Gasteiger partial charge in [-0.1, -0.05) is 74.7 Å². The smallest absolute Gasteiger partial charge is 0.325 e. The Morgan fingerprint density at radius 2 is 1.58 bits per heavy atom. The van der Waals surface area contributed by atoms with Crippen LogP contribution in [0.2, 0.25) is 0 Å². The lowest BCUT2D eigenvalue weighted by Crippen LogP contribution is -1.98. The minimum absolute atomic E-state index is 0.0487. The molecule has 3 rings (SSSR count). The van der Waals surface area contributed by atoms with Gasteiger partial charge >= 0.3 is 7.60 Å². The molecular weight excluding hydrogens is 433 g/mol. The predicted octanol–water partition coefficient (Wildman–Crippen LogP) is 6.88. The van der Waals surface area contributed by atoms with Crippen molar-refractivity contribution >= 4 is 7.60 Å². The molecule has 0 saturated carbocycles. The number of ether oxygens (including phenoxy) is 1. The molecule has 0 aliphatic rings. The minimum Gasteiger partial charge on any atom is -0.494 e. The van der Waals surface area contributed by atoms with E-state index in [1.54, 1.807) is 0 Å². The van der Waals surface area contributed by atoms with E-state index >= 15 is 0 Å². The van der Waals surface area contributed by atoms with Gasteiger partial charge in [0.2, 0.25) is 0 Å². The third-order valence-corrected chi connectivity index (χ3v) is 6.46. The zero-order chi connectivity index (χ0) is 23.5. The van der Waals surface area contributed by atoms with E-state index in [9.17, 15) is 4.57 Å². The van der Waals surface area contributed by atoms with Crippen LogP contribution in [0.25, 0.3) is 22.4 Å². The van der Waals surface area contributed by atoms with Gasteiger partial charge < -0.3 is 14.5 Å². The van der Waals surface area contributed by atoms with E-state index in [2.05, 4.69) is 43.3 Å². The molecule has 5 nitrogen and oxygen atoms in total. The van der Waals surface area contributed by atoms with Gasteiger partial charge in [0.25, 0.3) is 0 Å². The van der Waals surface area contributed by atoms with Crippen LogP contribution in [0.3, 0.4) is 0 Å². The molecule has 0 unspecified atom stereocenters. The summed E-state index contributed by atoms with van der Waals surface area (Å²) in [5, 5.41) is 0. The molecule has 2 N–H and O–H groups in total. The Balaban J connectivity index is 1.74. The van der Waals surface area contributed by atoms with Crippen LogP contribution < -0.4 is 4.74 Å². The van der Waals surface area contributed by atoms with Crippen LogP contribution in [-0.2, 0) is 11.0 Å². The van der Waals surface area contributed by atoms with E-state index in [0.29, 0.717) is 6.42 Å². The Bertz CT molecular complexity index is 1030.